The first kappa shape index (κ1) is 20.0. The average Bonchev–Trinajstić information content (AvgIpc) is 3.28. The fourth-order valence-electron chi connectivity index (χ4n) is 3.62. The highest BCUT2D eigenvalue weighted by Crippen LogP contribution is 2.23. The van der Waals surface area contributed by atoms with Gasteiger partial charge in [-0.3, -0.25) is 9.36 Å². The molecule has 0 spiro atoms. The first-order valence-electron chi connectivity index (χ1n) is 9.82. The van der Waals surface area contributed by atoms with E-state index in [1.54, 1.807) is 30.1 Å². The van der Waals surface area contributed by atoms with E-state index in [1.807, 2.05) is 58.3 Å². The van der Waals surface area contributed by atoms with E-state index in [4.69, 9.17) is 10.00 Å². The van der Waals surface area contributed by atoms with Crippen LogP contribution in [0.2, 0.25) is 0 Å². The number of benzene rings is 2. The number of nitrogens with zero attached hydrogens (tertiary/aromatic N) is 4. The number of piperidine rings is 1. The number of aromatic nitrogens is 2. The minimum Gasteiger partial charge on any atom is -0.490 e. The van der Waals surface area contributed by atoms with E-state index in [0.29, 0.717) is 30.0 Å². The molecule has 6 nitrogen and oxygen atoms in total. The van der Waals surface area contributed by atoms with Gasteiger partial charge in [0, 0.05) is 49.6 Å². The third kappa shape index (κ3) is 4.34. The molecule has 1 fully saturated rings. The standard InChI is InChI=1S/C23H22N4O2S/c1-30-23-25-10-13-27(23)19-6-3-5-18(15-19)22(28)26-11-8-20(9-12-26)29-21-7-2-4-17(14-21)16-24/h2-7,10,13-15,20H,8-9,11-12H2,1H3. The summed E-state index contributed by atoms with van der Waals surface area (Å²) < 4.78 is 8.01. The van der Waals surface area contributed by atoms with Gasteiger partial charge in [-0.2, -0.15) is 5.26 Å². The zero-order valence-electron chi connectivity index (χ0n) is 16.7. The topological polar surface area (TPSA) is 71.2 Å². The van der Waals surface area contributed by atoms with Crippen LogP contribution < -0.4 is 4.74 Å². The van der Waals surface area contributed by atoms with Crippen LogP contribution in [0, 0.1) is 11.3 Å². The lowest BCUT2D eigenvalue weighted by Gasteiger charge is -2.32. The van der Waals surface area contributed by atoms with Gasteiger partial charge in [-0.25, -0.2) is 4.98 Å². The van der Waals surface area contributed by atoms with Gasteiger partial charge in [0.05, 0.1) is 11.6 Å². The fourth-order valence-corrected chi connectivity index (χ4v) is 4.15. The van der Waals surface area contributed by atoms with E-state index in [0.717, 1.165) is 23.7 Å². The van der Waals surface area contributed by atoms with Crippen molar-refractivity contribution in [2.24, 2.45) is 0 Å². The Kier molecular flexibility index (Phi) is 6.05. The summed E-state index contributed by atoms with van der Waals surface area (Å²) in [5.74, 6) is 0.740. The predicted molar refractivity (Wildman–Crippen MR) is 116 cm³/mol. The van der Waals surface area contributed by atoms with Crippen LogP contribution in [0.3, 0.4) is 0 Å². The number of hydrogen-bond acceptors (Lipinski definition) is 5. The minimum absolute atomic E-state index is 0.0348. The fraction of sp³-hybridized carbons (Fsp3) is 0.261. The van der Waals surface area contributed by atoms with E-state index in [1.165, 1.54) is 0 Å². The average molecular weight is 419 g/mol. The van der Waals surface area contributed by atoms with Crippen molar-refractivity contribution < 1.29 is 9.53 Å². The number of rotatable bonds is 5. The molecule has 0 bridgehead atoms. The third-order valence-electron chi connectivity index (χ3n) is 5.16. The lowest BCUT2D eigenvalue weighted by molar-refractivity contribution is 0.0595. The SMILES string of the molecule is CSc1nccn1-c1cccc(C(=O)N2CCC(Oc3cccc(C#N)c3)CC2)c1. The highest BCUT2D eigenvalue weighted by molar-refractivity contribution is 7.98. The quantitative estimate of drug-likeness (QED) is 0.582. The highest BCUT2D eigenvalue weighted by Gasteiger charge is 2.25. The van der Waals surface area contributed by atoms with Crippen LogP contribution in [0.5, 0.6) is 5.75 Å². The van der Waals surface area contributed by atoms with Crippen LogP contribution in [0.15, 0.2) is 66.1 Å². The van der Waals surface area contributed by atoms with Crippen molar-refractivity contribution in [2.45, 2.75) is 24.1 Å². The van der Waals surface area contributed by atoms with Gasteiger partial charge >= 0.3 is 0 Å². The molecule has 30 heavy (non-hydrogen) atoms. The van der Waals surface area contributed by atoms with Crippen molar-refractivity contribution in [1.82, 2.24) is 14.5 Å². The Balaban J connectivity index is 1.40. The lowest BCUT2D eigenvalue weighted by atomic mass is 10.1. The normalized spacial score (nSPS) is 14.3. The molecule has 0 aliphatic carbocycles. The Morgan fingerprint density at radius 2 is 2.00 bits per heavy atom. The molecule has 2 aromatic carbocycles. The van der Waals surface area contributed by atoms with Crippen LogP contribution >= 0.6 is 11.8 Å². The molecule has 1 saturated heterocycles. The second-order valence-corrected chi connectivity index (χ2v) is 7.86. The maximum Gasteiger partial charge on any atom is 0.253 e. The number of imidazole rings is 1. The first-order valence-corrected chi connectivity index (χ1v) is 11.0. The Hall–Kier alpha value is -3.24. The zero-order valence-corrected chi connectivity index (χ0v) is 17.5. The molecule has 0 atom stereocenters. The van der Waals surface area contributed by atoms with Crippen LogP contribution in [0.25, 0.3) is 5.69 Å². The second-order valence-electron chi connectivity index (χ2n) is 7.08. The Morgan fingerprint density at radius 3 is 2.77 bits per heavy atom. The van der Waals surface area contributed by atoms with Gasteiger partial charge in [-0.15, -0.1) is 0 Å². The summed E-state index contributed by atoms with van der Waals surface area (Å²) in [5, 5.41) is 9.91. The summed E-state index contributed by atoms with van der Waals surface area (Å²) in [7, 11) is 0. The summed E-state index contributed by atoms with van der Waals surface area (Å²) in [4.78, 5) is 19.3. The van der Waals surface area contributed by atoms with E-state index in [-0.39, 0.29) is 12.0 Å². The molecule has 3 aromatic rings. The molecule has 7 heteroatoms. The number of thioether (sulfide) groups is 1. The minimum atomic E-state index is 0.0348. The number of carbonyl (C=O) groups excluding carboxylic acids is 1. The van der Waals surface area contributed by atoms with Crippen molar-refractivity contribution in [1.29, 1.82) is 5.26 Å². The number of likely N-dealkylation sites (tertiary alicyclic amines) is 1. The second kappa shape index (κ2) is 9.06. The highest BCUT2D eigenvalue weighted by atomic mass is 32.2. The molecule has 1 aromatic heterocycles. The molecule has 1 amide bonds. The van der Waals surface area contributed by atoms with Gasteiger partial charge in [-0.1, -0.05) is 23.9 Å². The molecular formula is C23H22N4O2S. The molecule has 1 aliphatic rings. The van der Waals surface area contributed by atoms with Crippen LogP contribution in [0.1, 0.15) is 28.8 Å². The van der Waals surface area contributed by atoms with Gasteiger partial charge in [0.25, 0.3) is 5.91 Å². The molecular weight excluding hydrogens is 396 g/mol. The Morgan fingerprint density at radius 1 is 1.20 bits per heavy atom. The van der Waals surface area contributed by atoms with Gasteiger partial charge in [0.15, 0.2) is 5.16 Å². The lowest BCUT2D eigenvalue weighted by Crippen LogP contribution is -2.41. The molecule has 0 unspecified atom stereocenters. The molecule has 1 aliphatic heterocycles. The summed E-state index contributed by atoms with van der Waals surface area (Å²) in [5.41, 5.74) is 2.19. The van der Waals surface area contributed by atoms with Crippen molar-refractivity contribution in [2.75, 3.05) is 19.3 Å². The largest absolute Gasteiger partial charge is 0.490 e. The molecule has 4 rings (SSSR count). The van der Waals surface area contributed by atoms with Crippen molar-refractivity contribution in [3.63, 3.8) is 0 Å². The Bertz CT molecular complexity index is 1080. The maximum absolute atomic E-state index is 13.0. The predicted octanol–water partition coefficient (Wildman–Crippen LogP) is 4.15. The maximum atomic E-state index is 13.0. The molecule has 0 N–H and O–H groups in total. The van der Waals surface area contributed by atoms with E-state index >= 15 is 0 Å². The van der Waals surface area contributed by atoms with Crippen molar-refractivity contribution >= 4 is 17.7 Å². The number of hydrogen-bond donors (Lipinski definition) is 0. The smallest absolute Gasteiger partial charge is 0.253 e. The van der Waals surface area contributed by atoms with Crippen LogP contribution in [-0.2, 0) is 0 Å². The molecule has 0 saturated carbocycles. The van der Waals surface area contributed by atoms with Gasteiger partial charge in [-0.05, 0) is 42.7 Å². The molecule has 0 radical (unpaired) electrons. The summed E-state index contributed by atoms with van der Waals surface area (Å²) in [6.45, 7) is 1.29. The van der Waals surface area contributed by atoms with Crippen LogP contribution in [-0.4, -0.2) is 45.8 Å². The van der Waals surface area contributed by atoms with E-state index in [2.05, 4.69) is 11.1 Å². The molecule has 2 heterocycles. The number of amides is 1. The summed E-state index contributed by atoms with van der Waals surface area (Å²) >= 11 is 1.57. The molecule has 152 valence electrons. The van der Waals surface area contributed by atoms with Crippen molar-refractivity contribution in [3.05, 3.63) is 72.1 Å². The Labute approximate surface area is 180 Å². The zero-order chi connectivity index (χ0) is 20.9. The number of nitriles is 1. The van der Waals surface area contributed by atoms with Crippen molar-refractivity contribution in [3.8, 4) is 17.5 Å². The number of ether oxygens (including phenoxy) is 1. The van der Waals surface area contributed by atoms with Gasteiger partial charge in [0.1, 0.15) is 11.9 Å². The summed E-state index contributed by atoms with van der Waals surface area (Å²) in [6.07, 6.45) is 7.22. The van der Waals surface area contributed by atoms with Gasteiger partial charge < -0.3 is 9.64 Å². The van der Waals surface area contributed by atoms with Crippen LogP contribution in [0.4, 0.5) is 0 Å². The third-order valence-corrected chi connectivity index (χ3v) is 5.82. The summed E-state index contributed by atoms with van der Waals surface area (Å²) in [6, 6.07) is 17.0. The van der Waals surface area contributed by atoms with E-state index in [9.17, 15) is 4.79 Å². The number of carbonyl (C=O) groups is 1. The first-order chi connectivity index (χ1) is 14.7. The van der Waals surface area contributed by atoms with E-state index < -0.39 is 0 Å². The monoisotopic (exact) mass is 418 g/mol. The van der Waals surface area contributed by atoms with Gasteiger partial charge in [0.2, 0.25) is 0 Å².